The first-order valence-electron chi connectivity index (χ1n) is 8.15. The molecule has 2 aromatic rings. The first-order valence-corrected chi connectivity index (χ1v) is 8.15. The maximum absolute atomic E-state index is 12.5. The summed E-state index contributed by atoms with van der Waals surface area (Å²) in [6.07, 6.45) is 0. The molecule has 0 bridgehead atoms. The number of Topliss-reactive ketones (excluding diaryl/α,β-unsaturated/α-hetero) is 1. The van der Waals surface area contributed by atoms with Crippen molar-refractivity contribution in [3.63, 3.8) is 0 Å². The molecule has 0 unspecified atom stereocenters. The second-order valence-corrected chi connectivity index (χ2v) is 6.10. The van der Waals surface area contributed by atoms with Gasteiger partial charge in [-0.1, -0.05) is 30.3 Å². The molecule has 0 atom stereocenters. The van der Waals surface area contributed by atoms with Crippen molar-refractivity contribution in [2.75, 3.05) is 5.32 Å². The van der Waals surface area contributed by atoms with Gasteiger partial charge in [-0.2, -0.15) is 0 Å². The third-order valence-electron chi connectivity index (χ3n) is 3.82. The largest absolute Gasteiger partial charge is 0.328 e. The van der Waals surface area contributed by atoms with E-state index in [1.165, 1.54) is 11.8 Å². The third-order valence-corrected chi connectivity index (χ3v) is 3.82. The Labute approximate surface area is 147 Å². The average Bonchev–Trinajstić information content (AvgIpc) is 2.60. The van der Waals surface area contributed by atoms with E-state index in [9.17, 15) is 14.4 Å². The van der Waals surface area contributed by atoms with Gasteiger partial charge in [0.15, 0.2) is 5.78 Å². The Hall–Kier alpha value is -2.95. The number of hydrogen-bond donors (Lipinski definition) is 1. The van der Waals surface area contributed by atoms with Crippen LogP contribution in [-0.4, -0.2) is 28.5 Å². The zero-order chi connectivity index (χ0) is 18.4. The van der Waals surface area contributed by atoms with Crippen LogP contribution in [0, 0.1) is 0 Å². The molecule has 0 heterocycles. The number of rotatable bonds is 5. The van der Waals surface area contributed by atoms with Crippen LogP contribution in [0.5, 0.6) is 0 Å². The number of amides is 2. The lowest BCUT2D eigenvalue weighted by Gasteiger charge is -2.26. The molecular formula is C20H22N2O3. The average molecular weight is 338 g/mol. The summed E-state index contributed by atoms with van der Waals surface area (Å²) in [5.74, 6) is -1.34. The fourth-order valence-electron chi connectivity index (χ4n) is 2.37. The molecule has 2 amide bonds. The highest BCUT2D eigenvalue weighted by Crippen LogP contribution is 2.12. The maximum Gasteiger partial charge on any atom is 0.313 e. The maximum atomic E-state index is 12.5. The summed E-state index contributed by atoms with van der Waals surface area (Å²) in [6, 6.07) is 15.9. The number of nitrogens with zero attached hydrogens (tertiary/aromatic N) is 1. The van der Waals surface area contributed by atoms with Crippen molar-refractivity contribution in [1.82, 2.24) is 4.90 Å². The van der Waals surface area contributed by atoms with E-state index in [0.29, 0.717) is 17.8 Å². The van der Waals surface area contributed by atoms with Gasteiger partial charge < -0.3 is 10.2 Å². The van der Waals surface area contributed by atoms with Crippen LogP contribution in [-0.2, 0) is 16.1 Å². The van der Waals surface area contributed by atoms with Gasteiger partial charge in [-0.25, -0.2) is 0 Å². The lowest BCUT2D eigenvalue weighted by molar-refractivity contribution is -0.144. The summed E-state index contributed by atoms with van der Waals surface area (Å²) in [5.41, 5.74) is 1.99. The van der Waals surface area contributed by atoms with Gasteiger partial charge in [0.2, 0.25) is 0 Å². The first kappa shape index (κ1) is 18.4. The fraction of sp³-hybridized carbons (Fsp3) is 0.250. The monoisotopic (exact) mass is 338 g/mol. The molecule has 0 radical (unpaired) electrons. The minimum absolute atomic E-state index is 0.0530. The number of benzene rings is 2. The van der Waals surface area contributed by atoms with E-state index in [0.717, 1.165) is 5.56 Å². The molecule has 25 heavy (non-hydrogen) atoms. The third kappa shape index (κ3) is 5.01. The summed E-state index contributed by atoms with van der Waals surface area (Å²) >= 11 is 0. The second-order valence-electron chi connectivity index (χ2n) is 6.10. The van der Waals surface area contributed by atoms with Crippen LogP contribution in [0.2, 0.25) is 0 Å². The van der Waals surface area contributed by atoms with Crippen LogP contribution >= 0.6 is 0 Å². The lowest BCUT2D eigenvalue weighted by Crippen LogP contribution is -2.43. The van der Waals surface area contributed by atoms with Gasteiger partial charge >= 0.3 is 11.8 Å². The number of anilines is 1. The standard InChI is InChI=1S/C20H22N2O3/c1-14(2)22(13-16-7-5-4-6-8-16)20(25)19(24)21-18-11-9-17(10-12-18)15(3)23/h4-12,14H,13H2,1-3H3,(H,21,24). The van der Waals surface area contributed by atoms with Gasteiger partial charge in [0.1, 0.15) is 0 Å². The molecule has 5 heteroatoms. The SMILES string of the molecule is CC(=O)c1ccc(NC(=O)C(=O)N(Cc2ccccc2)C(C)C)cc1. The van der Waals surface area contributed by atoms with Gasteiger partial charge in [0.05, 0.1) is 0 Å². The number of carbonyl (C=O) groups excluding carboxylic acids is 3. The highest BCUT2D eigenvalue weighted by molar-refractivity contribution is 6.39. The zero-order valence-electron chi connectivity index (χ0n) is 14.7. The number of hydrogen-bond acceptors (Lipinski definition) is 3. The van der Waals surface area contributed by atoms with Crippen molar-refractivity contribution in [1.29, 1.82) is 0 Å². The molecule has 1 N–H and O–H groups in total. The molecule has 0 saturated carbocycles. The van der Waals surface area contributed by atoms with Crippen molar-refractivity contribution >= 4 is 23.3 Å². The van der Waals surface area contributed by atoms with E-state index in [1.54, 1.807) is 24.3 Å². The molecule has 0 spiro atoms. The predicted molar refractivity (Wildman–Crippen MR) is 97.2 cm³/mol. The van der Waals surface area contributed by atoms with Crippen molar-refractivity contribution in [3.8, 4) is 0 Å². The minimum Gasteiger partial charge on any atom is -0.328 e. The molecule has 0 fully saturated rings. The van der Waals surface area contributed by atoms with Crippen molar-refractivity contribution in [3.05, 3.63) is 65.7 Å². The smallest absolute Gasteiger partial charge is 0.313 e. The van der Waals surface area contributed by atoms with Gasteiger partial charge in [-0.3, -0.25) is 14.4 Å². The van der Waals surface area contributed by atoms with Gasteiger partial charge in [-0.05, 0) is 50.6 Å². The van der Waals surface area contributed by atoms with Crippen LogP contribution in [0.25, 0.3) is 0 Å². The number of ketones is 1. The van der Waals surface area contributed by atoms with Crippen LogP contribution < -0.4 is 5.32 Å². The van der Waals surface area contributed by atoms with Crippen molar-refractivity contribution in [2.24, 2.45) is 0 Å². The lowest BCUT2D eigenvalue weighted by atomic mass is 10.1. The summed E-state index contributed by atoms with van der Waals surface area (Å²) in [6.45, 7) is 5.58. The summed E-state index contributed by atoms with van der Waals surface area (Å²) in [5, 5.41) is 2.59. The van der Waals surface area contributed by atoms with Crippen LogP contribution in [0.4, 0.5) is 5.69 Å². The highest BCUT2D eigenvalue weighted by atomic mass is 16.2. The van der Waals surface area contributed by atoms with E-state index in [4.69, 9.17) is 0 Å². The van der Waals surface area contributed by atoms with Crippen LogP contribution in [0.15, 0.2) is 54.6 Å². The Bertz CT molecular complexity index is 752. The second kappa shape index (κ2) is 8.24. The van der Waals surface area contributed by atoms with Crippen molar-refractivity contribution < 1.29 is 14.4 Å². The topological polar surface area (TPSA) is 66.5 Å². The van der Waals surface area contributed by atoms with Crippen LogP contribution in [0.1, 0.15) is 36.7 Å². The molecule has 0 aliphatic rings. The normalized spacial score (nSPS) is 10.4. The quantitative estimate of drug-likeness (QED) is 0.672. The molecule has 130 valence electrons. The predicted octanol–water partition coefficient (Wildman–Crippen LogP) is 3.26. The molecular weight excluding hydrogens is 316 g/mol. The van der Waals surface area contributed by atoms with E-state index in [1.807, 2.05) is 44.2 Å². The Morgan fingerprint density at radius 2 is 1.56 bits per heavy atom. The minimum atomic E-state index is -0.694. The molecule has 0 aliphatic heterocycles. The van der Waals surface area contributed by atoms with Crippen molar-refractivity contribution in [2.45, 2.75) is 33.4 Å². The van der Waals surface area contributed by atoms with E-state index >= 15 is 0 Å². The van der Waals surface area contributed by atoms with Gasteiger partial charge in [0, 0.05) is 23.8 Å². The van der Waals surface area contributed by atoms with Gasteiger partial charge in [-0.15, -0.1) is 0 Å². The molecule has 2 aromatic carbocycles. The Balaban J connectivity index is 2.07. The molecule has 2 rings (SSSR count). The fourth-order valence-corrected chi connectivity index (χ4v) is 2.37. The van der Waals surface area contributed by atoms with E-state index in [-0.39, 0.29) is 11.8 Å². The van der Waals surface area contributed by atoms with E-state index < -0.39 is 11.8 Å². The molecule has 5 nitrogen and oxygen atoms in total. The molecule has 0 aromatic heterocycles. The highest BCUT2D eigenvalue weighted by Gasteiger charge is 2.24. The zero-order valence-corrected chi connectivity index (χ0v) is 14.7. The summed E-state index contributed by atoms with van der Waals surface area (Å²) in [7, 11) is 0. The number of nitrogens with one attached hydrogen (secondary N) is 1. The van der Waals surface area contributed by atoms with Gasteiger partial charge in [0.25, 0.3) is 0 Å². The Morgan fingerprint density at radius 1 is 0.960 bits per heavy atom. The Morgan fingerprint density at radius 3 is 2.08 bits per heavy atom. The summed E-state index contributed by atoms with van der Waals surface area (Å²) in [4.78, 5) is 37.6. The first-order chi connectivity index (χ1) is 11.9. The number of carbonyl (C=O) groups is 3. The van der Waals surface area contributed by atoms with Crippen LogP contribution in [0.3, 0.4) is 0 Å². The summed E-state index contributed by atoms with van der Waals surface area (Å²) < 4.78 is 0. The van der Waals surface area contributed by atoms with E-state index in [2.05, 4.69) is 5.32 Å². The molecule has 0 aliphatic carbocycles. The Kier molecular flexibility index (Phi) is 6.06. The molecule has 0 saturated heterocycles.